The van der Waals surface area contributed by atoms with Crippen LogP contribution in [0.15, 0.2) is 30.3 Å². The molecule has 0 aliphatic rings. The molecule has 0 aromatic heterocycles. The highest BCUT2D eigenvalue weighted by Gasteiger charge is 2.34. The lowest BCUT2D eigenvalue weighted by Gasteiger charge is -2.28. The fourth-order valence-electron chi connectivity index (χ4n) is 3.57. The van der Waals surface area contributed by atoms with Crippen LogP contribution in [0.25, 0.3) is 0 Å². The highest BCUT2D eigenvalue weighted by atomic mass is 31.2. The molecule has 0 radical (unpaired) electrons. The molecule has 1 atom stereocenters. The molecule has 1 amide bonds. The van der Waals surface area contributed by atoms with Crippen LogP contribution in [0.1, 0.15) is 96.3 Å². The molecule has 0 spiro atoms. The number of hydrogen-bond donors (Lipinski definition) is 1. The third-order valence-electron chi connectivity index (χ3n) is 5.68. The molecule has 0 heterocycles. The molecule has 0 saturated heterocycles. The molecular formula is C26H46NO3P. The van der Waals surface area contributed by atoms with Crippen molar-refractivity contribution in [1.82, 2.24) is 5.32 Å². The van der Waals surface area contributed by atoms with Gasteiger partial charge in [0.25, 0.3) is 5.91 Å². The van der Waals surface area contributed by atoms with Gasteiger partial charge in [-0.15, -0.1) is 0 Å². The normalized spacial score (nSPS) is 11.9. The summed E-state index contributed by atoms with van der Waals surface area (Å²) < 4.78 is 0. The number of carbonyl (C=O) groups is 2. The summed E-state index contributed by atoms with van der Waals surface area (Å²) in [6.07, 6.45) is 17.9. The number of amides is 1. The van der Waals surface area contributed by atoms with Crippen molar-refractivity contribution in [3.8, 4) is 0 Å². The second-order valence-electron chi connectivity index (χ2n) is 8.53. The Balaban J connectivity index is 0.000000590. The molecule has 1 N–H and O–H groups in total. The largest absolute Gasteiger partial charge is 0.548 e. The van der Waals surface area contributed by atoms with E-state index >= 15 is 0 Å². The van der Waals surface area contributed by atoms with Gasteiger partial charge in [-0.25, -0.2) is 0 Å². The molecule has 1 rings (SSSR count). The van der Waals surface area contributed by atoms with E-state index in [1.165, 1.54) is 58.3 Å². The summed E-state index contributed by atoms with van der Waals surface area (Å²) in [6, 6.07) is 7.42. The van der Waals surface area contributed by atoms with Crippen molar-refractivity contribution in [2.45, 2.75) is 92.0 Å². The molecule has 0 fully saturated rings. The molecule has 178 valence electrons. The summed E-state index contributed by atoms with van der Waals surface area (Å²) in [5, 5.41) is 12.6. The predicted octanol–water partition coefficient (Wildman–Crippen LogP) is 5.76. The van der Waals surface area contributed by atoms with Gasteiger partial charge in [0.2, 0.25) is 0 Å². The summed E-state index contributed by atoms with van der Waals surface area (Å²) in [6.45, 7) is 10.8. The van der Waals surface area contributed by atoms with Gasteiger partial charge in [0.15, 0.2) is 0 Å². The number of aliphatic carboxylic acids is 1. The minimum absolute atomic E-state index is 0.415. The van der Waals surface area contributed by atoms with Crippen molar-refractivity contribution in [2.24, 2.45) is 0 Å². The fourth-order valence-corrected chi connectivity index (χ4v) is 8.86. The Labute approximate surface area is 191 Å². The summed E-state index contributed by atoms with van der Waals surface area (Å²) in [4.78, 5) is 21.7. The molecule has 0 aliphatic carbocycles. The minimum Gasteiger partial charge on any atom is -0.548 e. The van der Waals surface area contributed by atoms with Gasteiger partial charge in [0, 0.05) is 12.8 Å². The summed E-state index contributed by atoms with van der Waals surface area (Å²) >= 11 is 0. The molecule has 1 aromatic carbocycles. The molecule has 0 bridgehead atoms. The third-order valence-corrected chi connectivity index (χ3v) is 10.7. The van der Waals surface area contributed by atoms with E-state index in [-0.39, 0.29) is 0 Å². The van der Waals surface area contributed by atoms with Gasteiger partial charge in [-0.05, 0) is 44.7 Å². The summed E-state index contributed by atoms with van der Waals surface area (Å²) in [7, 11) is -0.562. The van der Waals surface area contributed by atoms with Crippen LogP contribution in [-0.4, -0.2) is 42.6 Å². The van der Waals surface area contributed by atoms with E-state index in [0.29, 0.717) is 5.56 Å². The van der Waals surface area contributed by atoms with E-state index in [1.54, 1.807) is 55.0 Å². The van der Waals surface area contributed by atoms with Crippen molar-refractivity contribution in [1.29, 1.82) is 0 Å². The molecular weight excluding hydrogens is 405 g/mol. The Kier molecular flexibility index (Phi) is 17.4. The second kappa shape index (κ2) is 18.2. The van der Waals surface area contributed by atoms with E-state index in [1.807, 2.05) is 0 Å². The molecule has 0 unspecified atom stereocenters. The van der Waals surface area contributed by atoms with Gasteiger partial charge in [-0.2, -0.15) is 0 Å². The number of carbonyl (C=O) groups excluding carboxylic acids is 2. The van der Waals surface area contributed by atoms with E-state index in [9.17, 15) is 14.7 Å². The van der Waals surface area contributed by atoms with Crippen molar-refractivity contribution in [3.63, 3.8) is 0 Å². The van der Waals surface area contributed by atoms with Crippen molar-refractivity contribution in [3.05, 3.63) is 35.9 Å². The number of benzene rings is 1. The lowest BCUT2D eigenvalue weighted by Crippen LogP contribution is -2.45. The minimum atomic E-state index is -1.30. The Bertz CT molecular complexity index is 554. The monoisotopic (exact) mass is 451 g/mol. The number of unbranched alkanes of at least 4 members (excludes halogenated alkanes) is 4. The van der Waals surface area contributed by atoms with E-state index < -0.39 is 25.2 Å². The third kappa shape index (κ3) is 13.6. The summed E-state index contributed by atoms with van der Waals surface area (Å²) in [5.41, 5.74) is 0.431. The van der Waals surface area contributed by atoms with Crippen LogP contribution in [0.2, 0.25) is 0 Å². The fraction of sp³-hybridized carbons (Fsp3) is 0.692. The Morgan fingerprint density at radius 3 is 1.52 bits per heavy atom. The Morgan fingerprint density at radius 1 is 0.806 bits per heavy atom. The topological polar surface area (TPSA) is 69.2 Å². The number of hydrogen-bond acceptors (Lipinski definition) is 3. The van der Waals surface area contributed by atoms with Crippen LogP contribution in [0.4, 0.5) is 0 Å². The first-order chi connectivity index (χ1) is 14.9. The van der Waals surface area contributed by atoms with Gasteiger partial charge >= 0.3 is 0 Å². The molecule has 0 aliphatic heterocycles. The van der Waals surface area contributed by atoms with Crippen LogP contribution in [0.3, 0.4) is 0 Å². The first kappa shape index (κ1) is 29.6. The van der Waals surface area contributed by atoms with E-state index in [2.05, 4.69) is 33.0 Å². The lowest BCUT2D eigenvalue weighted by molar-refractivity contribution is -0.307. The number of carboxylic acid groups (broad SMARTS) is 1. The molecule has 0 saturated carbocycles. The quantitative estimate of drug-likeness (QED) is 0.345. The zero-order valence-corrected chi connectivity index (χ0v) is 21.5. The van der Waals surface area contributed by atoms with E-state index in [4.69, 9.17) is 0 Å². The number of nitrogens with one attached hydrogen (secondary N) is 1. The van der Waals surface area contributed by atoms with E-state index in [0.717, 1.165) is 0 Å². The van der Waals surface area contributed by atoms with Crippen LogP contribution in [0, 0.1) is 0 Å². The molecule has 31 heavy (non-hydrogen) atoms. The second-order valence-corrected chi connectivity index (χ2v) is 13.0. The maximum atomic E-state index is 11.4. The van der Waals surface area contributed by atoms with Crippen molar-refractivity contribution < 1.29 is 14.7 Å². The number of carboxylic acids is 1. The van der Waals surface area contributed by atoms with Crippen LogP contribution in [0.5, 0.6) is 0 Å². The molecule has 4 nitrogen and oxygen atoms in total. The van der Waals surface area contributed by atoms with Gasteiger partial charge in [-0.1, -0.05) is 71.6 Å². The average Bonchev–Trinajstić information content (AvgIpc) is 2.79. The lowest BCUT2D eigenvalue weighted by atomic mass is 10.2. The average molecular weight is 452 g/mol. The molecule has 5 heteroatoms. The van der Waals surface area contributed by atoms with Gasteiger partial charge in [0.1, 0.15) is 0 Å². The zero-order chi connectivity index (χ0) is 23.5. The first-order valence-electron chi connectivity index (χ1n) is 12.3. The zero-order valence-electron chi connectivity index (χ0n) is 20.6. The first-order valence-corrected chi connectivity index (χ1v) is 14.8. The smallest absolute Gasteiger partial charge is 0.251 e. The highest BCUT2D eigenvalue weighted by molar-refractivity contribution is 7.75. The molecule has 1 aromatic rings. The van der Waals surface area contributed by atoms with Crippen LogP contribution >= 0.6 is 7.26 Å². The van der Waals surface area contributed by atoms with Gasteiger partial charge < -0.3 is 15.2 Å². The van der Waals surface area contributed by atoms with Gasteiger partial charge in [0.05, 0.1) is 36.7 Å². The maximum absolute atomic E-state index is 11.4. The van der Waals surface area contributed by atoms with Crippen molar-refractivity contribution >= 4 is 19.1 Å². The number of rotatable bonds is 15. The highest BCUT2D eigenvalue weighted by Crippen LogP contribution is 2.61. The predicted molar refractivity (Wildman–Crippen MR) is 134 cm³/mol. The van der Waals surface area contributed by atoms with Crippen LogP contribution in [-0.2, 0) is 4.79 Å². The van der Waals surface area contributed by atoms with Crippen molar-refractivity contribution in [2.75, 3.05) is 24.6 Å². The Morgan fingerprint density at radius 2 is 1.19 bits per heavy atom. The summed E-state index contributed by atoms with van der Waals surface area (Å²) in [5.74, 6) is -1.71. The van der Waals surface area contributed by atoms with Gasteiger partial charge in [-0.3, -0.25) is 4.79 Å². The Hall–Kier alpha value is -1.41. The standard InChI is InChI=1S/C16H36P.C10H11NO3/c1-5-9-13-17(14-10-6-2,15-11-7-3)16-12-8-4;1-7(10(13)14)11-9(12)8-5-3-2-4-6-8/h5-16H2,1-4H3;2-7H,1H3,(H,11,12)(H,13,14)/q+1;/p-1/t;7-/m.0/s1. The van der Waals surface area contributed by atoms with Crippen LogP contribution < -0.4 is 10.4 Å². The maximum Gasteiger partial charge on any atom is 0.251 e. The SMILES string of the molecule is CCCC[P+](CCCC)(CCCC)CCCC.C[C@H](NC(=O)c1ccccc1)C(=O)[O-].